The molecule has 0 aliphatic rings. The minimum atomic E-state index is -0.0718. The maximum atomic E-state index is 12.2. The Morgan fingerprint density at radius 3 is 2.80 bits per heavy atom. The second-order valence-corrected chi connectivity index (χ2v) is 5.42. The summed E-state index contributed by atoms with van der Waals surface area (Å²) in [6, 6.07) is 8.14. The van der Waals surface area contributed by atoms with E-state index < -0.39 is 0 Å². The lowest BCUT2D eigenvalue weighted by molar-refractivity contribution is 0.0780. The fourth-order valence-electron chi connectivity index (χ4n) is 1.85. The summed E-state index contributed by atoms with van der Waals surface area (Å²) < 4.78 is 0. The van der Waals surface area contributed by atoms with Gasteiger partial charge in [0.1, 0.15) is 10.7 Å². The summed E-state index contributed by atoms with van der Waals surface area (Å²) in [7, 11) is 1.78. The number of amides is 1. The maximum absolute atomic E-state index is 12.2. The van der Waals surface area contributed by atoms with Gasteiger partial charge in [-0.2, -0.15) is 0 Å². The van der Waals surface area contributed by atoms with Crippen LogP contribution in [-0.2, 0) is 13.1 Å². The molecule has 0 fully saturated rings. The van der Waals surface area contributed by atoms with Crippen LogP contribution in [0.1, 0.15) is 26.6 Å². The molecule has 20 heavy (non-hydrogen) atoms. The minimum Gasteiger partial charge on any atom is -0.336 e. The molecule has 0 aliphatic heterocycles. The van der Waals surface area contributed by atoms with Gasteiger partial charge in [0, 0.05) is 25.5 Å². The summed E-state index contributed by atoms with van der Waals surface area (Å²) >= 11 is 1.42. The fraction of sp³-hybridized carbons (Fsp3) is 0.286. The van der Waals surface area contributed by atoms with Gasteiger partial charge in [0.15, 0.2) is 0 Å². The summed E-state index contributed by atoms with van der Waals surface area (Å²) in [6.07, 6.45) is 0. The van der Waals surface area contributed by atoms with E-state index in [1.807, 2.05) is 25.1 Å². The molecular formula is C14H18ClN3OS. The van der Waals surface area contributed by atoms with Gasteiger partial charge < -0.3 is 10.6 Å². The number of benzene rings is 1. The second kappa shape index (κ2) is 7.38. The van der Waals surface area contributed by atoms with Crippen LogP contribution >= 0.6 is 23.7 Å². The molecule has 1 amide bonds. The van der Waals surface area contributed by atoms with Gasteiger partial charge in [0.25, 0.3) is 5.91 Å². The van der Waals surface area contributed by atoms with E-state index in [4.69, 9.17) is 5.73 Å². The highest BCUT2D eigenvalue weighted by Crippen LogP contribution is 2.13. The number of aromatic nitrogens is 1. The van der Waals surface area contributed by atoms with Gasteiger partial charge in [-0.15, -0.1) is 23.7 Å². The lowest BCUT2D eigenvalue weighted by Crippen LogP contribution is -2.26. The normalized spacial score (nSPS) is 9.95. The molecule has 2 rings (SSSR count). The lowest BCUT2D eigenvalue weighted by Gasteiger charge is -2.16. The molecule has 108 valence electrons. The SMILES string of the molecule is Cc1cccc(CN(C)C(=O)c2csc(CN)n2)c1.Cl. The highest BCUT2D eigenvalue weighted by molar-refractivity contribution is 7.09. The van der Waals surface area contributed by atoms with Crippen LogP contribution in [0.3, 0.4) is 0 Å². The Morgan fingerprint density at radius 2 is 2.20 bits per heavy atom. The van der Waals surface area contributed by atoms with Crippen LogP contribution in [0.4, 0.5) is 0 Å². The molecule has 0 saturated carbocycles. The molecule has 4 nitrogen and oxygen atoms in total. The van der Waals surface area contributed by atoms with Crippen molar-refractivity contribution in [3.8, 4) is 0 Å². The summed E-state index contributed by atoms with van der Waals surface area (Å²) in [5.74, 6) is -0.0718. The van der Waals surface area contributed by atoms with Crippen molar-refractivity contribution in [1.29, 1.82) is 0 Å². The molecule has 2 N–H and O–H groups in total. The first-order chi connectivity index (χ1) is 9.10. The molecule has 1 aromatic heterocycles. The monoisotopic (exact) mass is 311 g/mol. The van der Waals surface area contributed by atoms with Crippen molar-refractivity contribution in [2.45, 2.75) is 20.0 Å². The van der Waals surface area contributed by atoms with E-state index in [0.29, 0.717) is 18.8 Å². The number of thiazole rings is 1. The molecule has 0 atom stereocenters. The Balaban J connectivity index is 0.00000200. The maximum Gasteiger partial charge on any atom is 0.273 e. The first-order valence-corrected chi connectivity index (χ1v) is 6.93. The molecule has 1 aromatic carbocycles. The van der Waals surface area contributed by atoms with Crippen molar-refractivity contribution in [3.05, 3.63) is 51.5 Å². The van der Waals surface area contributed by atoms with Crippen LogP contribution in [0, 0.1) is 6.92 Å². The van der Waals surface area contributed by atoms with Crippen molar-refractivity contribution in [2.75, 3.05) is 7.05 Å². The van der Waals surface area contributed by atoms with E-state index in [9.17, 15) is 4.79 Å². The molecular weight excluding hydrogens is 294 g/mol. The first kappa shape index (κ1) is 16.6. The molecule has 1 heterocycles. The zero-order valence-corrected chi connectivity index (χ0v) is 13.1. The van der Waals surface area contributed by atoms with Crippen LogP contribution < -0.4 is 5.73 Å². The number of hydrogen-bond acceptors (Lipinski definition) is 4. The van der Waals surface area contributed by atoms with E-state index in [-0.39, 0.29) is 18.3 Å². The predicted molar refractivity (Wildman–Crippen MR) is 84.2 cm³/mol. The van der Waals surface area contributed by atoms with Gasteiger partial charge >= 0.3 is 0 Å². The predicted octanol–water partition coefficient (Wildman–Crippen LogP) is 2.60. The summed E-state index contributed by atoms with van der Waals surface area (Å²) in [4.78, 5) is 18.1. The van der Waals surface area contributed by atoms with E-state index in [1.165, 1.54) is 16.9 Å². The molecule has 6 heteroatoms. The summed E-state index contributed by atoms with van der Waals surface area (Å²) in [6.45, 7) is 2.99. The Labute approximate surface area is 129 Å². The minimum absolute atomic E-state index is 0. The van der Waals surface area contributed by atoms with Gasteiger partial charge in [-0.05, 0) is 12.5 Å². The zero-order chi connectivity index (χ0) is 13.8. The Hall–Kier alpha value is -1.43. The smallest absolute Gasteiger partial charge is 0.273 e. The van der Waals surface area contributed by atoms with Gasteiger partial charge in [-0.25, -0.2) is 4.98 Å². The fourth-order valence-corrected chi connectivity index (χ4v) is 2.50. The number of aryl methyl sites for hydroxylation is 1. The van der Waals surface area contributed by atoms with Crippen molar-refractivity contribution >= 4 is 29.7 Å². The molecule has 0 unspecified atom stereocenters. The molecule has 0 spiro atoms. The van der Waals surface area contributed by atoms with Crippen molar-refractivity contribution in [2.24, 2.45) is 5.73 Å². The third-order valence-corrected chi connectivity index (χ3v) is 3.67. The summed E-state index contributed by atoms with van der Waals surface area (Å²) in [5, 5.41) is 2.55. The third kappa shape index (κ3) is 4.03. The number of hydrogen-bond donors (Lipinski definition) is 1. The highest BCUT2D eigenvalue weighted by atomic mass is 35.5. The number of carbonyl (C=O) groups excluding carboxylic acids is 1. The Morgan fingerprint density at radius 1 is 1.45 bits per heavy atom. The van der Waals surface area contributed by atoms with Gasteiger partial charge in [0.05, 0.1) is 0 Å². The van der Waals surface area contributed by atoms with E-state index in [1.54, 1.807) is 17.3 Å². The quantitative estimate of drug-likeness (QED) is 0.944. The van der Waals surface area contributed by atoms with Crippen LogP contribution in [0.5, 0.6) is 0 Å². The molecule has 0 bridgehead atoms. The average molecular weight is 312 g/mol. The lowest BCUT2D eigenvalue weighted by atomic mass is 10.1. The van der Waals surface area contributed by atoms with E-state index >= 15 is 0 Å². The number of nitrogens with two attached hydrogens (primary N) is 1. The first-order valence-electron chi connectivity index (χ1n) is 6.05. The van der Waals surface area contributed by atoms with Crippen LogP contribution in [0.25, 0.3) is 0 Å². The highest BCUT2D eigenvalue weighted by Gasteiger charge is 2.15. The third-order valence-electron chi connectivity index (χ3n) is 2.79. The summed E-state index contributed by atoms with van der Waals surface area (Å²) in [5.41, 5.74) is 8.28. The van der Waals surface area contributed by atoms with Gasteiger partial charge in [-0.3, -0.25) is 4.79 Å². The average Bonchev–Trinajstić information content (AvgIpc) is 2.86. The van der Waals surface area contributed by atoms with Crippen molar-refractivity contribution in [1.82, 2.24) is 9.88 Å². The second-order valence-electron chi connectivity index (χ2n) is 4.48. The Kier molecular flexibility index (Phi) is 6.13. The topological polar surface area (TPSA) is 59.2 Å². The number of rotatable bonds is 4. The molecule has 0 aliphatic carbocycles. The Bertz CT molecular complexity index is 585. The van der Waals surface area contributed by atoms with E-state index in [2.05, 4.69) is 11.1 Å². The van der Waals surface area contributed by atoms with E-state index in [0.717, 1.165) is 10.6 Å². The molecule has 0 saturated heterocycles. The van der Waals surface area contributed by atoms with Gasteiger partial charge in [-0.1, -0.05) is 29.8 Å². The van der Waals surface area contributed by atoms with Gasteiger partial charge in [0.2, 0.25) is 0 Å². The largest absolute Gasteiger partial charge is 0.336 e. The molecule has 2 aromatic rings. The standard InChI is InChI=1S/C14H17N3OS.ClH/c1-10-4-3-5-11(6-10)8-17(2)14(18)12-9-19-13(7-15)16-12;/h3-6,9H,7-8,15H2,1-2H3;1H. The molecule has 0 radical (unpaired) electrons. The van der Waals surface area contributed by atoms with Crippen molar-refractivity contribution in [3.63, 3.8) is 0 Å². The number of carbonyl (C=O) groups is 1. The van der Waals surface area contributed by atoms with Crippen LogP contribution in [-0.4, -0.2) is 22.8 Å². The van der Waals surface area contributed by atoms with Crippen LogP contribution in [0.2, 0.25) is 0 Å². The van der Waals surface area contributed by atoms with Crippen molar-refractivity contribution < 1.29 is 4.79 Å². The zero-order valence-electron chi connectivity index (χ0n) is 11.5. The number of nitrogens with zero attached hydrogens (tertiary/aromatic N) is 2. The number of halogens is 1. The van der Waals surface area contributed by atoms with Crippen LogP contribution in [0.15, 0.2) is 29.6 Å².